The van der Waals surface area contributed by atoms with Crippen molar-refractivity contribution >= 4 is 11.9 Å². The van der Waals surface area contributed by atoms with E-state index in [9.17, 15) is 14.7 Å². The number of carbonyl (C=O) groups is 2. The minimum Gasteiger partial charge on any atom is -0.481 e. The fourth-order valence-corrected chi connectivity index (χ4v) is 3.86. The van der Waals surface area contributed by atoms with Crippen LogP contribution < -0.4 is 0 Å². The van der Waals surface area contributed by atoms with Crippen molar-refractivity contribution in [3.8, 4) is 0 Å². The predicted octanol–water partition coefficient (Wildman–Crippen LogP) is 1.76. The molecule has 5 heteroatoms. The molecule has 2 aliphatic rings. The highest BCUT2D eigenvalue weighted by atomic mass is 16.5. The minimum absolute atomic E-state index is 0.0897. The number of nitrogens with zero attached hydrogens (tertiary/aromatic N) is 1. The van der Waals surface area contributed by atoms with Crippen molar-refractivity contribution in [1.82, 2.24) is 4.90 Å². The van der Waals surface area contributed by atoms with Crippen LogP contribution in [0.25, 0.3) is 0 Å². The van der Waals surface area contributed by atoms with E-state index in [0.717, 1.165) is 26.1 Å². The molecule has 0 bridgehead atoms. The molecule has 0 aromatic rings. The Morgan fingerprint density at radius 1 is 1.35 bits per heavy atom. The van der Waals surface area contributed by atoms with E-state index in [2.05, 4.69) is 6.92 Å². The van der Waals surface area contributed by atoms with Gasteiger partial charge in [0.1, 0.15) is 0 Å². The Balaban J connectivity index is 2.15. The lowest BCUT2D eigenvalue weighted by Crippen LogP contribution is -2.57. The Hall–Kier alpha value is -1.10. The summed E-state index contributed by atoms with van der Waals surface area (Å²) in [6.07, 6.45) is 2.24. The molecule has 2 aliphatic heterocycles. The van der Waals surface area contributed by atoms with Gasteiger partial charge in [0.2, 0.25) is 5.91 Å². The van der Waals surface area contributed by atoms with E-state index in [1.54, 1.807) is 0 Å². The maximum absolute atomic E-state index is 12.4. The zero-order valence-electron chi connectivity index (χ0n) is 12.5. The van der Waals surface area contributed by atoms with E-state index in [-0.39, 0.29) is 23.9 Å². The number of carboxylic acids is 1. The smallest absolute Gasteiger partial charge is 0.308 e. The van der Waals surface area contributed by atoms with Crippen molar-refractivity contribution in [3.63, 3.8) is 0 Å². The highest BCUT2D eigenvalue weighted by Gasteiger charge is 2.44. The number of carboxylic acid groups (broad SMARTS) is 1. The second-order valence-corrected chi connectivity index (χ2v) is 6.28. The summed E-state index contributed by atoms with van der Waals surface area (Å²) in [5.74, 6) is -0.829. The Labute approximate surface area is 120 Å². The topological polar surface area (TPSA) is 66.8 Å². The maximum Gasteiger partial charge on any atom is 0.308 e. The van der Waals surface area contributed by atoms with Gasteiger partial charge in [0.25, 0.3) is 0 Å². The fourth-order valence-electron chi connectivity index (χ4n) is 3.86. The number of rotatable bonds is 3. The van der Waals surface area contributed by atoms with Gasteiger partial charge >= 0.3 is 5.97 Å². The van der Waals surface area contributed by atoms with Crippen LogP contribution >= 0.6 is 0 Å². The molecule has 1 amide bonds. The third-order valence-corrected chi connectivity index (χ3v) is 5.03. The molecular weight excluding hydrogens is 258 g/mol. The van der Waals surface area contributed by atoms with E-state index in [4.69, 9.17) is 4.74 Å². The molecule has 4 unspecified atom stereocenters. The molecule has 2 fully saturated rings. The molecule has 4 atom stereocenters. The average Bonchev–Trinajstić information content (AvgIpc) is 2.38. The lowest BCUT2D eigenvalue weighted by atomic mass is 9.78. The number of piperidine rings is 1. The van der Waals surface area contributed by atoms with Gasteiger partial charge in [0, 0.05) is 31.7 Å². The summed E-state index contributed by atoms with van der Waals surface area (Å²) in [6, 6.07) is -0.141. The van der Waals surface area contributed by atoms with Crippen LogP contribution in [0, 0.1) is 17.8 Å². The Morgan fingerprint density at radius 3 is 2.50 bits per heavy atom. The van der Waals surface area contributed by atoms with Crippen LogP contribution in [0.5, 0.6) is 0 Å². The third-order valence-electron chi connectivity index (χ3n) is 5.03. The lowest BCUT2D eigenvalue weighted by molar-refractivity contribution is -0.158. The van der Waals surface area contributed by atoms with Crippen molar-refractivity contribution in [1.29, 1.82) is 0 Å². The van der Waals surface area contributed by atoms with Gasteiger partial charge in [-0.1, -0.05) is 6.92 Å². The largest absolute Gasteiger partial charge is 0.481 e. The van der Waals surface area contributed by atoms with E-state index in [0.29, 0.717) is 12.3 Å². The van der Waals surface area contributed by atoms with Crippen molar-refractivity contribution in [3.05, 3.63) is 0 Å². The number of hydrogen-bond donors (Lipinski definition) is 1. The fraction of sp³-hybridized carbons (Fsp3) is 0.867. The van der Waals surface area contributed by atoms with Crippen LogP contribution in [0.3, 0.4) is 0 Å². The molecule has 2 saturated heterocycles. The molecule has 0 aromatic carbocycles. The predicted molar refractivity (Wildman–Crippen MR) is 74.2 cm³/mol. The van der Waals surface area contributed by atoms with Crippen LogP contribution in [-0.4, -0.2) is 47.2 Å². The van der Waals surface area contributed by atoms with Gasteiger partial charge in [-0.2, -0.15) is 0 Å². The summed E-state index contributed by atoms with van der Waals surface area (Å²) < 4.78 is 5.37. The van der Waals surface area contributed by atoms with Gasteiger partial charge in [-0.05, 0) is 38.5 Å². The second kappa shape index (κ2) is 6.12. The van der Waals surface area contributed by atoms with Crippen LogP contribution in [0.15, 0.2) is 0 Å². The van der Waals surface area contributed by atoms with Gasteiger partial charge in [0.05, 0.1) is 5.92 Å². The van der Waals surface area contributed by atoms with Crippen LogP contribution in [0.4, 0.5) is 0 Å². The van der Waals surface area contributed by atoms with E-state index < -0.39 is 11.9 Å². The van der Waals surface area contributed by atoms with Gasteiger partial charge in [-0.25, -0.2) is 0 Å². The van der Waals surface area contributed by atoms with Gasteiger partial charge in [0.15, 0.2) is 0 Å². The van der Waals surface area contributed by atoms with Crippen molar-refractivity contribution in [2.24, 2.45) is 17.8 Å². The summed E-state index contributed by atoms with van der Waals surface area (Å²) in [5, 5.41) is 9.42. The number of hydrogen-bond acceptors (Lipinski definition) is 3. The van der Waals surface area contributed by atoms with Crippen molar-refractivity contribution in [2.75, 3.05) is 13.2 Å². The first-order chi connectivity index (χ1) is 9.43. The maximum atomic E-state index is 12.4. The van der Waals surface area contributed by atoms with Crippen LogP contribution in [0.1, 0.15) is 40.0 Å². The first-order valence-corrected chi connectivity index (χ1v) is 7.55. The standard InChI is InChI=1S/C15H25NO4/c1-9-8-13(17)16(11(3)14(9)15(18)19)10(2)12-4-6-20-7-5-12/h9-12,14H,4-8H2,1-3H3,(H,18,19). The monoisotopic (exact) mass is 283 g/mol. The quantitative estimate of drug-likeness (QED) is 0.857. The summed E-state index contributed by atoms with van der Waals surface area (Å²) >= 11 is 0. The zero-order valence-corrected chi connectivity index (χ0v) is 12.5. The molecule has 0 radical (unpaired) electrons. The molecule has 114 valence electrons. The zero-order chi connectivity index (χ0) is 14.9. The Bertz CT molecular complexity index is 378. The Kier molecular flexibility index (Phi) is 4.68. The molecule has 0 spiro atoms. The summed E-state index contributed by atoms with van der Waals surface area (Å²) in [5.41, 5.74) is 0. The molecule has 20 heavy (non-hydrogen) atoms. The van der Waals surface area contributed by atoms with Gasteiger partial charge in [-0.15, -0.1) is 0 Å². The minimum atomic E-state index is -0.790. The molecule has 0 aromatic heterocycles. The molecule has 0 aliphatic carbocycles. The lowest BCUT2D eigenvalue weighted by Gasteiger charge is -2.46. The Morgan fingerprint density at radius 2 is 1.95 bits per heavy atom. The molecule has 0 saturated carbocycles. The summed E-state index contributed by atoms with van der Waals surface area (Å²) in [6.45, 7) is 7.28. The third kappa shape index (κ3) is 2.82. The number of carbonyl (C=O) groups excluding carboxylic acids is 1. The van der Waals surface area contributed by atoms with Gasteiger partial charge in [-0.3, -0.25) is 9.59 Å². The average molecular weight is 283 g/mol. The van der Waals surface area contributed by atoms with Crippen molar-refractivity contribution in [2.45, 2.75) is 52.1 Å². The van der Waals surface area contributed by atoms with Gasteiger partial charge < -0.3 is 14.7 Å². The van der Waals surface area contributed by atoms with E-state index in [1.165, 1.54) is 0 Å². The summed E-state index contributed by atoms with van der Waals surface area (Å²) in [4.78, 5) is 25.7. The van der Waals surface area contributed by atoms with Crippen molar-refractivity contribution < 1.29 is 19.4 Å². The molecule has 2 heterocycles. The van der Waals surface area contributed by atoms with E-state index >= 15 is 0 Å². The number of aliphatic carboxylic acids is 1. The number of amides is 1. The molecule has 2 rings (SSSR count). The highest BCUT2D eigenvalue weighted by molar-refractivity contribution is 5.82. The van der Waals surface area contributed by atoms with Crippen LogP contribution in [0.2, 0.25) is 0 Å². The SMILES string of the molecule is CC1CC(=O)N(C(C)C2CCOCC2)C(C)C1C(=O)O. The van der Waals surface area contributed by atoms with Crippen LogP contribution in [-0.2, 0) is 14.3 Å². The van der Waals surface area contributed by atoms with E-state index in [1.807, 2.05) is 18.7 Å². The summed E-state index contributed by atoms with van der Waals surface area (Å²) in [7, 11) is 0. The molecule has 5 nitrogen and oxygen atoms in total. The normalized spacial score (nSPS) is 34.0. The number of ether oxygens (including phenoxy) is 1. The second-order valence-electron chi connectivity index (χ2n) is 6.28. The number of likely N-dealkylation sites (tertiary alicyclic amines) is 1. The molecule has 1 N–H and O–H groups in total. The highest BCUT2D eigenvalue weighted by Crippen LogP contribution is 2.34. The molecular formula is C15H25NO4. The first-order valence-electron chi connectivity index (χ1n) is 7.55. The first kappa shape index (κ1) is 15.3.